The number of hydrogen-bond donors (Lipinski definition) is 3. The zero-order valence-electron chi connectivity index (χ0n) is 10.6. The summed E-state index contributed by atoms with van der Waals surface area (Å²) in [6.45, 7) is 0.644. The molecule has 0 fully saturated rings. The second kappa shape index (κ2) is 7.13. The quantitative estimate of drug-likeness (QED) is 0.335. The summed E-state index contributed by atoms with van der Waals surface area (Å²) in [4.78, 5) is 8.44. The van der Waals surface area contributed by atoms with E-state index in [2.05, 4.69) is 20.7 Å². The Morgan fingerprint density at radius 3 is 2.68 bits per heavy atom. The summed E-state index contributed by atoms with van der Waals surface area (Å²) in [5.74, 6) is 6.00. The molecular weight excluding hydrogens is 238 g/mol. The number of aromatic nitrogens is 1. The van der Waals surface area contributed by atoms with Crippen molar-refractivity contribution in [2.24, 2.45) is 10.8 Å². The molecule has 0 bridgehead atoms. The van der Waals surface area contributed by atoms with Crippen LogP contribution in [0.5, 0.6) is 0 Å². The van der Waals surface area contributed by atoms with Crippen LogP contribution in [0.3, 0.4) is 0 Å². The van der Waals surface area contributed by atoms with Gasteiger partial charge in [0.1, 0.15) is 0 Å². The fraction of sp³-hybridized carbons (Fsp3) is 0.143. The number of nitrogens with two attached hydrogens (primary N) is 1. The molecule has 98 valence electrons. The molecule has 0 radical (unpaired) electrons. The van der Waals surface area contributed by atoms with Gasteiger partial charge in [-0.3, -0.25) is 15.4 Å². The third-order valence-electron chi connectivity index (χ3n) is 2.57. The molecule has 1 aromatic heterocycles. The van der Waals surface area contributed by atoms with Crippen molar-refractivity contribution in [3.63, 3.8) is 0 Å². The largest absolute Gasteiger partial charge is 0.325 e. The van der Waals surface area contributed by atoms with Crippen LogP contribution in [0, 0.1) is 0 Å². The lowest BCUT2D eigenvalue weighted by Crippen LogP contribution is -2.36. The Balaban J connectivity index is 1.89. The second-order valence-corrected chi connectivity index (χ2v) is 3.98. The molecular formula is C14H17N5. The van der Waals surface area contributed by atoms with Gasteiger partial charge in [-0.25, -0.2) is 5.84 Å². The van der Waals surface area contributed by atoms with Gasteiger partial charge >= 0.3 is 0 Å². The van der Waals surface area contributed by atoms with E-state index in [4.69, 9.17) is 5.84 Å². The van der Waals surface area contributed by atoms with Crippen LogP contribution in [0.25, 0.3) is 0 Å². The summed E-state index contributed by atoms with van der Waals surface area (Å²) in [6.07, 6.45) is 4.43. The predicted molar refractivity (Wildman–Crippen MR) is 77.6 cm³/mol. The van der Waals surface area contributed by atoms with Crippen LogP contribution in [-0.2, 0) is 6.42 Å². The monoisotopic (exact) mass is 255 g/mol. The molecule has 5 nitrogen and oxygen atoms in total. The van der Waals surface area contributed by atoms with E-state index in [-0.39, 0.29) is 0 Å². The summed E-state index contributed by atoms with van der Waals surface area (Å²) in [7, 11) is 0. The Labute approximate surface area is 112 Å². The van der Waals surface area contributed by atoms with Gasteiger partial charge in [-0.05, 0) is 30.2 Å². The third kappa shape index (κ3) is 4.40. The Morgan fingerprint density at radius 1 is 1.16 bits per heavy atom. The normalized spacial score (nSPS) is 11.1. The maximum absolute atomic E-state index is 5.44. The van der Waals surface area contributed by atoms with Gasteiger partial charge in [-0.15, -0.1) is 0 Å². The first-order valence-electron chi connectivity index (χ1n) is 6.10. The van der Waals surface area contributed by atoms with Crippen LogP contribution in [0.4, 0.5) is 5.69 Å². The molecule has 1 aromatic carbocycles. The van der Waals surface area contributed by atoms with Crippen molar-refractivity contribution in [1.82, 2.24) is 10.4 Å². The van der Waals surface area contributed by atoms with Crippen LogP contribution >= 0.6 is 0 Å². The zero-order valence-corrected chi connectivity index (χ0v) is 10.6. The molecule has 2 aromatic rings. The van der Waals surface area contributed by atoms with Gasteiger partial charge in [-0.2, -0.15) is 0 Å². The number of nitrogens with one attached hydrogen (secondary N) is 2. The van der Waals surface area contributed by atoms with Gasteiger partial charge in [0.2, 0.25) is 5.96 Å². The number of guanidine groups is 1. The average Bonchev–Trinajstić information content (AvgIpc) is 2.48. The molecule has 0 atom stereocenters. The first-order chi connectivity index (χ1) is 9.38. The van der Waals surface area contributed by atoms with Crippen LogP contribution in [0.15, 0.2) is 59.9 Å². The Hall–Kier alpha value is -2.40. The molecule has 0 saturated carbocycles. The smallest absolute Gasteiger partial charge is 0.210 e. The van der Waals surface area contributed by atoms with Crippen molar-refractivity contribution in [2.45, 2.75) is 6.42 Å². The Bertz CT molecular complexity index is 510. The number of aliphatic imine (C=N–C) groups is 1. The van der Waals surface area contributed by atoms with Crippen molar-refractivity contribution in [3.05, 3.63) is 60.4 Å². The number of para-hydroxylation sites is 1. The minimum absolute atomic E-state index is 0.551. The number of hydrogen-bond acceptors (Lipinski definition) is 3. The van der Waals surface area contributed by atoms with Crippen molar-refractivity contribution in [3.8, 4) is 0 Å². The molecule has 0 aliphatic carbocycles. The third-order valence-corrected chi connectivity index (χ3v) is 2.57. The highest BCUT2D eigenvalue weighted by atomic mass is 15.3. The number of benzene rings is 1. The summed E-state index contributed by atoms with van der Waals surface area (Å²) < 4.78 is 0. The lowest BCUT2D eigenvalue weighted by Gasteiger charge is -2.08. The minimum Gasteiger partial charge on any atom is -0.325 e. The molecule has 0 unspecified atom stereocenters. The first kappa shape index (κ1) is 13.0. The number of pyridine rings is 1. The van der Waals surface area contributed by atoms with Gasteiger partial charge < -0.3 is 5.32 Å². The van der Waals surface area contributed by atoms with E-state index in [1.54, 1.807) is 6.20 Å². The highest BCUT2D eigenvalue weighted by Crippen LogP contribution is 2.04. The molecule has 0 aliphatic rings. The molecule has 4 N–H and O–H groups in total. The maximum Gasteiger partial charge on any atom is 0.210 e. The fourth-order valence-corrected chi connectivity index (χ4v) is 1.62. The molecule has 5 heteroatoms. The van der Waals surface area contributed by atoms with E-state index in [1.807, 2.05) is 48.7 Å². The number of nitrogens with zero attached hydrogens (tertiary/aromatic N) is 2. The van der Waals surface area contributed by atoms with Gasteiger partial charge in [0, 0.05) is 24.6 Å². The predicted octanol–water partition coefficient (Wildman–Crippen LogP) is 1.56. The summed E-state index contributed by atoms with van der Waals surface area (Å²) in [5.41, 5.74) is 4.66. The molecule has 0 saturated heterocycles. The second-order valence-electron chi connectivity index (χ2n) is 3.98. The van der Waals surface area contributed by atoms with Gasteiger partial charge in [0.25, 0.3) is 0 Å². The van der Waals surface area contributed by atoms with Crippen molar-refractivity contribution in [1.29, 1.82) is 0 Å². The van der Waals surface area contributed by atoms with E-state index in [9.17, 15) is 0 Å². The molecule has 2 rings (SSSR count). The lowest BCUT2D eigenvalue weighted by molar-refractivity contribution is 0.924. The van der Waals surface area contributed by atoms with E-state index < -0.39 is 0 Å². The molecule has 0 aliphatic heterocycles. The van der Waals surface area contributed by atoms with Gasteiger partial charge in [0.05, 0.1) is 0 Å². The van der Waals surface area contributed by atoms with Crippen LogP contribution in [-0.4, -0.2) is 17.5 Å². The fourth-order valence-electron chi connectivity index (χ4n) is 1.62. The number of anilines is 1. The number of hydrazine groups is 1. The van der Waals surface area contributed by atoms with E-state index in [0.717, 1.165) is 17.7 Å². The van der Waals surface area contributed by atoms with E-state index in [0.29, 0.717) is 12.5 Å². The van der Waals surface area contributed by atoms with Crippen molar-refractivity contribution in [2.75, 3.05) is 11.9 Å². The van der Waals surface area contributed by atoms with Crippen LogP contribution in [0.2, 0.25) is 0 Å². The van der Waals surface area contributed by atoms with Crippen molar-refractivity contribution >= 4 is 11.6 Å². The summed E-state index contributed by atoms with van der Waals surface area (Å²) >= 11 is 0. The summed E-state index contributed by atoms with van der Waals surface area (Å²) in [5, 5.41) is 3.11. The average molecular weight is 255 g/mol. The first-order valence-corrected chi connectivity index (χ1v) is 6.10. The lowest BCUT2D eigenvalue weighted by atomic mass is 10.2. The van der Waals surface area contributed by atoms with Gasteiger partial charge in [0.15, 0.2) is 0 Å². The SMILES string of the molecule is NNC(=NCCc1cccnc1)Nc1ccccc1. The highest BCUT2D eigenvalue weighted by molar-refractivity contribution is 5.93. The molecule has 19 heavy (non-hydrogen) atoms. The molecule has 1 heterocycles. The number of rotatable bonds is 4. The van der Waals surface area contributed by atoms with Crippen LogP contribution < -0.4 is 16.6 Å². The highest BCUT2D eigenvalue weighted by Gasteiger charge is 1.97. The van der Waals surface area contributed by atoms with E-state index in [1.165, 1.54) is 0 Å². The summed E-state index contributed by atoms with van der Waals surface area (Å²) in [6, 6.07) is 13.7. The minimum atomic E-state index is 0.551. The standard InChI is InChI=1S/C14H17N5/c15-19-14(18-13-6-2-1-3-7-13)17-10-8-12-5-4-9-16-11-12/h1-7,9,11H,8,10,15H2,(H2,17,18,19). The van der Waals surface area contributed by atoms with Gasteiger partial charge in [-0.1, -0.05) is 24.3 Å². The van der Waals surface area contributed by atoms with Crippen LogP contribution in [0.1, 0.15) is 5.56 Å². The zero-order chi connectivity index (χ0) is 13.3. The van der Waals surface area contributed by atoms with Crippen molar-refractivity contribution < 1.29 is 0 Å². The Morgan fingerprint density at radius 2 is 2.00 bits per heavy atom. The van der Waals surface area contributed by atoms with E-state index >= 15 is 0 Å². The molecule has 0 amide bonds. The Kier molecular flexibility index (Phi) is 4.89. The molecule has 0 spiro atoms. The topological polar surface area (TPSA) is 75.3 Å². The maximum atomic E-state index is 5.44.